The standard InChI is InChI=1S/C17H16N4O/c1-11-3-2-4-12(7-11)16-17(20-9-19-16)13-5-6-14(18)15(8-13)21-10-22/h2-10H,18H2,1H3,(H,19,20)(H,21,22). The van der Waals surface area contributed by atoms with Crippen LogP contribution in [0.1, 0.15) is 5.56 Å². The van der Waals surface area contributed by atoms with Crippen LogP contribution in [0.4, 0.5) is 11.4 Å². The predicted octanol–water partition coefficient (Wildman–Crippen LogP) is 3.20. The average molecular weight is 292 g/mol. The van der Waals surface area contributed by atoms with E-state index < -0.39 is 0 Å². The Bertz CT molecular complexity index is 823. The second kappa shape index (κ2) is 5.73. The van der Waals surface area contributed by atoms with Crippen LogP contribution in [-0.2, 0) is 4.79 Å². The molecule has 0 spiro atoms. The van der Waals surface area contributed by atoms with Crippen molar-refractivity contribution in [2.45, 2.75) is 6.92 Å². The fraction of sp³-hybridized carbons (Fsp3) is 0.0588. The van der Waals surface area contributed by atoms with E-state index in [1.165, 1.54) is 5.56 Å². The van der Waals surface area contributed by atoms with E-state index in [0.29, 0.717) is 17.8 Å². The van der Waals surface area contributed by atoms with Crippen LogP contribution in [0.2, 0.25) is 0 Å². The van der Waals surface area contributed by atoms with Crippen molar-refractivity contribution in [3.63, 3.8) is 0 Å². The molecule has 0 saturated heterocycles. The molecule has 0 fully saturated rings. The van der Waals surface area contributed by atoms with Gasteiger partial charge in [0.25, 0.3) is 0 Å². The highest BCUT2D eigenvalue weighted by molar-refractivity contribution is 5.86. The number of anilines is 2. The number of aryl methyl sites for hydroxylation is 1. The smallest absolute Gasteiger partial charge is 0.211 e. The van der Waals surface area contributed by atoms with Crippen LogP contribution in [-0.4, -0.2) is 16.4 Å². The lowest BCUT2D eigenvalue weighted by Crippen LogP contribution is -1.99. The summed E-state index contributed by atoms with van der Waals surface area (Å²) in [4.78, 5) is 18.2. The first-order chi connectivity index (χ1) is 10.7. The van der Waals surface area contributed by atoms with E-state index in [2.05, 4.69) is 21.4 Å². The van der Waals surface area contributed by atoms with Crippen molar-refractivity contribution >= 4 is 17.8 Å². The van der Waals surface area contributed by atoms with Crippen LogP contribution in [0.15, 0.2) is 48.8 Å². The Kier molecular flexibility index (Phi) is 3.62. The third-order valence-corrected chi connectivity index (χ3v) is 3.49. The molecule has 1 heterocycles. The highest BCUT2D eigenvalue weighted by Gasteiger charge is 2.12. The monoisotopic (exact) mass is 292 g/mol. The number of nitrogens with zero attached hydrogens (tertiary/aromatic N) is 1. The number of nitrogens with one attached hydrogen (secondary N) is 2. The highest BCUT2D eigenvalue weighted by Crippen LogP contribution is 2.32. The van der Waals surface area contributed by atoms with Crippen molar-refractivity contribution in [1.29, 1.82) is 0 Å². The largest absolute Gasteiger partial charge is 0.397 e. The Morgan fingerprint density at radius 3 is 2.82 bits per heavy atom. The van der Waals surface area contributed by atoms with Crippen molar-refractivity contribution in [3.05, 3.63) is 54.4 Å². The van der Waals surface area contributed by atoms with Gasteiger partial charge in [0.15, 0.2) is 0 Å². The third-order valence-electron chi connectivity index (χ3n) is 3.49. The van der Waals surface area contributed by atoms with Crippen molar-refractivity contribution in [1.82, 2.24) is 9.97 Å². The van der Waals surface area contributed by atoms with Crippen molar-refractivity contribution in [2.24, 2.45) is 0 Å². The summed E-state index contributed by atoms with van der Waals surface area (Å²) < 4.78 is 0. The Labute approximate surface area is 128 Å². The second-order valence-corrected chi connectivity index (χ2v) is 5.06. The van der Waals surface area contributed by atoms with Gasteiger partial charge >= 0.3 is 0 Å². The minimum atomic E-state index is 0.521. The average Bonchev–Trinajstić information content (AvgIpc) is 2.99. The molecule has 3 aromatic rings. The van der Waals surface area contributed by atoms with E-state index >= 15 is 0 Å². The van der Waals surface area contributed by atoms with Gasteiger partial charge in [0.2, 0.25) is 6.41 Å². The second-order valence-electron chi connectivity index (χ2n) is 5.06. The van der Waals surface area contributed by atoms with Crippen LogP contribution in [0.25, 0.3) is 22.5 Å². The topological polar surface area (TPSA) is 83.8 Å². The van der Waals surface area contributed by atoms with E-state index in [1.54, 1.807) is 12.4 Å². The van der Waals surface area contributed by atoms with Gasteiger partial charge in [-0.1, -0.05) is 29.8 Å². The van der Waals surface area contributed by atoms with Crippen LogP contribution < -0.4 is 11.1 Å². The van der Waals surface area contributed by atoms with Crippen LogP contribution in [0, 0.1) is 6.92 Å². The minimum absolute atomic E-state index is 0.521. The summed E-state index contributed by atoms with van der Waals surface area (Å²) in [5, 5.41) is 2.61. The molecule has 22 heavy (non-hydrogen) atoms. The summed E-state index contributed by atoms with van der Waals surface area (Å²) in [6, 6.07) is 13.7. The number of aromatic amines is 1. The molecule has 0 saturated carbocycles. The number of carbonyl (C=O) groups is 1. The van der Waals surface area contributed by atoms with E-state index in [0.717, 1.165) is 22.5 Å². The molecule has 1 amide bonds. The molecule has 0 aliphatic carbocycles. The Morgan fingerprint density at radius 2 is 2.05 bits per heavy atom. The van der Waals surface area contributed by atoms with Gasteiger partial charge in [0.1, 0.15) is 0 Å². The molecule has 4 N–H and O–H groups in total. The lowest BCUT2D eigenvalue weighted by atomic mass is 10.0. The van der Waals surface area contributed by atoms with Gasteiger partial charge in [-0.05, 0) is 25.1 Å². The summed E-state index contributed by atoms with van der Waals surface area (Å²) >= 11 is 0. The fourth-order valence-electron chi connectivity index (χ4n) is 2.43. The summed E-state index contributed by atoms with van der Waals surface area (Å²) in [5.74, 6) is 0. The molecule has 0 aliphatic rings. The molecule has 0 radical (unpaired) electrons. The molecular formula is C17H16N4O. The molecule has 5 heteroatoms. The number of rotatable bonds is 4. The molecule has 0 atom stereocenters. The Hall–Kier alpha value is -3.08. The van der Waals surface area contributed by atoms with Gasteiger partial charge in [-0.2, -0.15) is 0 Å². The Morgan fingerprint density at radius 1 is 1.18 bits per heavy atom. The van der Waals surface area contributed by atoms with E-state index in [9.17, 15) is 4.79 Å². The first-order valence-electron chi connectivity index (χ1n) is 6.89. The van der Waals surface area contributed by atoms with Crippen molar-refractivity contribution in [3.8, 4) is 22.5 Å². The summed E-state index contributed by atoms with van der Waals surface area (Å²) in [6.45, 7) is 2.05. The van der Waals surface area contributed by atoms with Crippen LogP contribution in [0.3, 0.4) is 0 Å². The number of nitrogens with two attached hydrogens (primary N) is 1. The molecular weight excluding hydrogens is 276 g/mol. The highest BCUT2D eigenvalue weighted by atomic mass is 16.1. The van der Waals surface area contributed by atoms with Gasteiger partial charge in [-0.25, -0.2) is 4.98 Å². The number of nitrogen functional groups attached to an aromatic ring is 1. The molecule has 2 aromatic carbocycles. The predicted molar refractivity (Wildman–Crippen MR) is 88.3 cm³/mol. The van der Waals surface area contributed by atoms with Gasteiger partial charge in [-0.3, -0.25) is 4.79 Å². The SMILES string of the molecule is Cc1cccc(-c2nc[nH]c2-c2ccc(N)c(NC=O)c2)c1. The van der Waals surface area contributed by atoms with Gasteiger partial charge in [0, 0.05) is 11.1 Å². The molecule has 0 aliphatic heterocycles. The molecule has 0 unspecified atom stereocenters. The number of aromatic nitrogens is 2. The lowest BCUT2D eigenvalue weighted by molar-refractivity contribution is -0.105. The summed E-state index contributed by atoms with van der Waals surface area (Å²) in [7, 11) is 0. The maximum absolute atomic E-state index is 10.7. The number of H-pyrrole nitrogens is 1. The minimum Gasteiger partial charge on any atom is -0.397 e. The van der Waals surface area contributed by atoms with Crippen molar-refractivity contribution < 1.29 is 4.79 Å². The van der Waals surface area contributed by atoms with Gasteiger partial charge in [-0.15, -0.1) is 0 Å². The zero-order valence-electron chi connectivity index (χ0n) is 12.1. The summed E-state index contributed by atoms with van der Waals surface area (Å²) in [5.41, 5.74) is 11.8. The molecule has 0 bridgehead atoms. The molecule has 110 valence electrons. The first-order valence-corrected chi connectivity index (χ1v) is 6.89. The summed E-state index contributed by atoms with van der Waals surface area (Å²) in [6.07, 6.45) is 2.28. The van der Waals surface area contributed by atoms with Gasteiger partial charge < -0.3 is 16.0 Å². The Balaban J connectivity index is 2.09. The first kappa shape index (κ1) is 13.9. The number of carbonyl (C=O) groups excluding carboxylic acids is 1. The number of amides is 1. The molecule has 3 rings (SSSR count). The molecule has 1 aromatic heterocycles. The lowest BCUT2D eigenvalue weighted by Gasteiger charge is -2.08. The normalized spacial score (nSPS) is 10.4. The quantitative estimate of drug-likeness (QED) is 0.510. The van der Waals surface area contributed by atoms with Crippen molar-refractivity contribution in [2.75, 3.05) is 11.1 Å². The number of hydrogen-bond acceptors (Lipinski definition) is 3. The van der Waals surface area contributed by atoms with Crippen LogP contribution in [0.5, 0.6) is 0 Å². The fourth-order valence-corrected chi connectivity index (χ4v) is 2.43. The van der Waals surface area contributed by atoms with Crippen LogP contribution >= 0.6 is 0 Å². The van der Waals surface area contributed by atoms with E-state index in [4.69, 9.17) is 5.73 Å². The number of benzene rings is 2. The molecule has 5 nitrogen and oxygen atoms in total. The third kappa shape index (κ3) is 2.56. The zero-order chi connectivity index (χ0) is 15.5. The van der Waals surface area contributed by atoms with Gasteiger partial charge in [0.05, 0.1) is 29.1 Å². The number of hydrogen-bond donors (Lipinski definition) is 3. The zero-order valence-corrected chi connectivity index (χ0v) is 12.1. The maximum Gasteiger partial charge on any atom is 0.211 e. The van der Waals surface area contributed by atoms with E-state index in [1.807, 2.05) is 37.3 Å². The van der Waals surface area contributed by atoms with E-state index in [-0.39, 0.29) is 0 Å². The maximum atomic E-state index is 10.7. The number of imidazole rings is 1.